The zero-order valence-electron chi connectivity index (χ0n) is 15.2. The standard InChI is InChI=1S/C20H22ClNO4S/c1-25-18-6-4-3-5-16(18)19(23)22-17(11-12-27-2)20(24)26-13-14-7-9-15(21)10-8-14/h3-10,17H,11-13H2,1-2H3,(H,22,23)/t17-/m0/s1. The highest BCUT2D eigenvalue weighted by molar-refractivity contribution is 7.98. The molecule has 0 aliphatic rings. The lowest BCUT2D eigenvalue weighted by Gasteiger charge is -2.18. The Morgan fingerprint density at radius 1 is 1.15 bits per heavy atom. The van der Waals surface area contributed by atoms with Crippen LogP contribution in [-0.4, -0.2) is 37.0 Å². The quantitative estimate of drug-likeness (QED) is 0.638. The second kappa shape index (κ2) is 10.8. The Labute approximate surface area is 168 Å². The van der Waals surface area contributed by atoms with Gasteiger partial charge < -0.3 is 14.8 Å². The van der Waals surface area contributed by atoms with Gasteiger partial charge in [-0.2, -0.15) is 11.8 Å². The van der Waals surface area contributed by atoms with Gasteiger partial charge in [0.05, 0.1) is 12.7 Å². The Morgan fingerprint density at radius 2 is 1.85 bits per heavy atom. The fourth-order valence-corrected chi connectivity index (χ4v) is 2.99. The molecule has 5 nitrogen and oxygen atoms in total. The molecule has 2 aromatic rings. The number of rotatable bonds is 9. The summed E-state index contributed by atoms with van der Waals surface area (Å²) in [6.45, 7) is 0.121. The second-order valence-electron chi connectivity index (χ2n) is 5.74. The molecule has 0 saturated carbocycles. The largest absolute Gasteiger partial charge is 0.496 e. The summed E-state index contributed by atoms with van der Waals surface area (Å²) >= 11 is 7.45. The van der Waals surface area contributed by atoms with Crippen molar-refractivity contribution in [2.24, 2.45) is 0 Å². The molecule has 0 aliphatic carbocycles. The topological polar surface area (TPSA) is 64.6 Å². The molecular weight excluding hydrogens is 386 g/mol. The number of amides is 1. The Kier molecular flexibility index (Phi) is 8.48. The molecule has 2 rings (SSSR count). The molecule has 0 heterocycles. The zero-order valence-corrected chi connectivity index (χ0v) is 16.8. The number of carbonyl (C=O) groups excluding carboxylic acids is 2. The van der Waals surface area contributed by atoms with Crippen molar-refractivity contribution in [3.63, 3.8) is 0 Å². The highest BCUT2D eigenvalue weighted by atomic mass is 35.5. The van der Waals surface area contributed by atoms with Gasteiger partial charge in [-0.25, -0.2) is 4.79 Å². The number of halogens is 1. The third kappa shape index (κ3) is 6.48. The summed E-state index contributed by atoms with van der Waals surface area (Å²) in [5, 5.41) is 3.38. The van der Waals surface area contributed by atoms with Crippen molar-refractivity contribution in [1.82, 2.24) is 5.32 Å². The first-order valence-corrected chi connectivity index (χ1v) is 10.2. The highest BCUT2D eigenvalue weighted by Crippen LogP contribution is 2.18. The molecule has 1 amide bonds. The second-order valence-corrected chi connectivity index (χ2v) is 7.16. The van der Waals surface area contributed by atoms with Crippen LogP contribution in [0.4, 0.5) is 0 Å². The molecular formula is C20H22ClNO4S. The first kappa shape index (κ1) is 21.1. The van der Waals surface area contributed by atoms with Crippen LogP contribution in [0.25, 0.3) is 0 Å². The van der Waals surface area contributed by atoms with Gasteiger partial charge in [0, 0.05) is 5.02 Å². The number of benzene rings is 2. The molecule has 1 atom stereocenters. The van der Waals surface area contributed by atoms with Crippen molar-refractivity contribution in [2.75, 3.05) is 19.1 Å². The molecule has 2 aromatic carbocycles. The lowest BCUT2D eigenvalue weighted by Crippen LogP contribution is -2.42. The molecule has 0 spiro atoms. The molecule has 0 aromatic heterocycles. The summed E-state index contributed by atoms with van der Waals surface area (Å²) in [5.41, 5.74) is 1.20. The van der Waals surface area contributed by atoms with Crippen LogP contribution in [0.2, 0.25) is 5.02 Å². The lowest BCUT2D eigenvalue weighted by molar-refractivity contribution is -0.147. The molecule has 0 bridgehead atoms. The number of carbonyl (C=O) groups is 2. The Bertz CT molecular complexity index is 767. The molecule has 0 radical (unpaired) electrons. The van der Waals surface area contributed by atoms with Crippen molar-refractivity contribution in [3.8, 4) is 5.75 Å². The van der Waals surface area contributed by atoms with E-state index in [4.69, 9.17) is 21.1 Å². The van der Waals surface area contributed by atoms with E-state index < -0.39 is 12.0 Å². The number of ether oxygens (including phenoxy) is 2. The summed E-state index contributed by atoms with van der Waals surface area (Å²) < 4.78 is 10.6. The van der Waals surface area contributed by atoms with Crippen LogP contribution < -0.4 is 10.1 Å². The normalized spacial score (nSPS) is 11.5. The molecule has 144 valence electrons. The van der Waals surface area contributed by atoms with Crippen LogP contribution in [0.15, 0.2) is 48.5 Å². The average Bonchev–Trinajstić information content (AvgIpc) is 2.70. The smallest absolute Gasteiger partial charge is 0.329 e. The Hall–Kier alpha value is -2.18. The maximum atomic E-state index is 12.6. The molecule has 0 fully saturated rings. The van der Waals surface area contributed by atoms with Crippen LogP contribution in [0.1, 0.15) is 22.3 Å². The molecule has 1 N–H and O–H groups in total. The van der Waals surface area contributed by atoms with Gasteiger partial charge in [-0.1, -0.05) is 35.9 Å². The van der Waals surface area contributed by atoms with Gasteiger partial charge in [-0.15, -0.1) is 0 Å². The van der Waals surface area contributed by atoms with E-state index in [0.717, 1.165) is 5.56 Å². The number of para-hydroxylation sites is 1. The van der Waals surface area contributed by atoms with Gasteiger partial charge in [0.2, 0.25) is 0 Å². The SMILES string of the molecule is COc1ccccc1C(=O)N[C@@H](CCSC)C(=O)OCc1ccc(Cl)cc1. The summed E-state index contributed by atoms with van der Waals surface area (Å²) in [6, 6.07) is 13.2. The van der Waals surface area contributed by atoms with E-state index in [2.05, 4.69) is 5.32 Å². The van der Waals surface area contributed by atoms with Gasteiger partial charge in [0.1, 0.15) is 18.4 Å². The van der Waals surface area contributed by atoms with Gasteiger partial charge in [0.25, 0.3) is 5.91 Å². The highest BCUT2D eigenvalue weighted by Gasteiger charge is 2.24. The minimum Gasteiger partial charge on any atom is -0.496 e. The summed E-state index contributed by atoms with van der Waals surface area (Å²) in [5.74, 6) is 0.324. The van der Waals surface area contributed by atoms with Crippen LogP contribution in [0.5, 0.6) is 5.75 Å². The van der Waals surface area contributed by atoms with Crippen molar-refractivity contribution in [3.05, 3.63) is 64.7 Å². The summed E-state index contributed by atoms with van der Waals surface area (Å²) in [6.07, 6.45) is 2.42. The van der Waals surface area contributed by atoms with Crippen LogP contribution in [0, 0.1) is 0 Å². The van der Waals surface area contributed by atoms with Crippen molar-refractivity contribution in [1.29, 1.82) is 0 Å². The lowest BCUT2D eigenvalue weighted by atomic mass is 10.1. The van der Waals surface area contributed by atoms with E-state index in [1.165, 1.54) is 7.11 Å². The minimum atomic E-state index is -0.734. The van der Waals surface area contributed by atoms with E-state index in [0.29, 0.717) is 28.5 Å². The monoisotopic (exact) mass is 407 g/mol. The molecule has 0 unspecified atom stereocenters. The van der Waals surface area contributed by atoms with Crippen LogP contribution in [-0.2, 0) is 16.1 Å². The van der Waals surface area contributed by atoms with E-state index in [9.17, 15) is 9.59 Å². The number of hydrogen-bond donors (Lipinski definition) is 1. The predicted octanol–water partition coefficient (Wildman–Crippen LogP) is 3.94. The number of nitrogens with one attached hydrogen (secondary N) is 1. The third-order valence-electron chi connectivity index (χ3n) is 3.85. The molecule has 27 heavy (non-hydrogen) atoms. The summed E-state index contributed by atoms with van der Waals surface area (Å²) in [7, 11) is 1.50. The van der Waals surface area contributed by atoms with Gasteiger partial charge in [-0.05, 0) is 48.3 Å². The maximum Gasteiger partial charge on any atom is 0.329 e. The number of esters is 1. The van der Waals surface area contributed by atoms with E-state index in [-0.39, 0.29) is 12.5 Å². The Morgan fingerprint density at radius 3 is 2.52 bits per heavy atom. The van der Waals surface area contributed by atoms with Gasteiger partial charge in [0.15, 0.2) is 0 Å². The van der Waals surface area contributed by atoms with Crippen molar-refractivity contribution in [2.45, 2.75) is 19.1 Å². The minimum absolute atomic E-state index is 0.121. The first-order valence-electron chi connectivity index (χ1n) is 8.39. The van der Waals surface area contributed by atoms with E-state index in [1.807, 2.05) is 6.26 Å². The molecule has 7 heteroatoms. The predicted molar refractivity (Wildman–Crippen MR) is 108 cm³/mol. The molecule has 0 saturated heterocycles. The van der Waals surface area contributed by atoms with Gasteiger partial charge >= 0.3 is 5.97 Å². The zero-order chi connectivity index (χ0) is 19.6. The fourth-order valence-electron chi connectivity index (χ4n) is 2.39. The Balaban J connectivity index is 2.03. The average molecular weight is 408 g/mol. The summed E-state index contributed by atoms with van der Waals surface area (Å²) in [4.78, 5) is 25.1. The third-order valence-corrected chi connectivity index (χ3v) is 4.74. The number of methoxy groups -OCH3 is 1. The fraction of sp³-hybridized carbons (Fsp3) is 0.300. The van der Waals surface area contributed by atoms with E-state index >= 15 is 0 Å². The molecule has 0 aliphatic heterocycles. The van der Waals surface area contributed by atoms with Crippen molar-refractivity contribution < 1.29 is 19.1 Å². The van der Waals surface area contributed by atoms with Crippen LogP contribution in [0.3, 0.4) is 0 Å². The maximum absolute atomic E-state index is 12.6. The van der Waals surface area contributed by atoms with Gasteiger partial charge in [-0.3, -0.25) is 4.79 Å². The van der Waals surface area contributed by atoms with Crippen molar-refractivity contribution >= 4 is 35.2 Å². The van der Waals surface area contributed by atoms with Crippen LogP contribution >= 0.6 is 23.4 Å². The first-order chi connectivity index (χ1) is 13.0. The number of thioether (sulfide) groups is 1. The van der Waals surface area contributed by atoms with E-state index in [1.54, 1.807) is 60.3 Å². The number of hydrogen-bond acceptors (Lipinski definition) is 5.